The molecule has 0 aliphatic carbocycles. The number of aromatic nitrogens is 3. The van der Waals surface area contributed by atoms with Crippen molar-refractivity contribution < 1.29 is 0 Å². The molecule has 0 fully saturated rings. The maximum Gasteiger partial charge on any atom is 0.193 e. The van der Waals surface area contributed by atoms with Crippen LogP contribution >= 0.6 is 11.8 Å². The summed E-state index contributed by atoms with van der Waals surface area (Å²) in [5.41, 5.74) is 1.18. The van der Waals surface area contributed by atoms with Crippen molar-refractivity contribution in [3.63, 3.8) is 0 Å². The van der Waals surface area contributed by atoms with Gasteiger partial charge in [-0.05, 0) is 42.4 Å². The summed E-state index contributed by atoms with van der Waals surface area (Å²) in [4.78, 5) is 12.8. The molecule has 5 heteroatoms. The van der Waals surface area contributed by atoms with Crippen LogP contribution in [0.2, 0.25) is 0 Å². The zero-order chi connectivity index (χ0) is 12.6. The van der Waals surface area contributed by atoms with Gasteiger partial charge in [-0.2, -0.15) is 0 Å². The number of hydrogen-bond donors (Lipinski definition) is 1. The minimum absolute atomic E-state index is 0.730. The normalized spacial score (nSPS) is 10.5. The largest absolute Gasteiger partial charge is 0.313 e. The van der Waals surface area contributed by atoms with E-state index in [9.17, 15) is 0 Å². The molecule has 0 aliphatic heterocycles. The topological polar surface area (TPSA) is 50.7 Å². The van der Waals surface area contributed by atoms with Crippen molar-refractivity contribution >= 4 is 11.8 Å². The molecule has 0 unspecified atom stereocenters. The fourth-order valence-electron chi connectivity index (χ4n) is 1.47. The van der Waals surface area contributed by atoms with Gasteiger partial charge in [-0.3, -0.25) is 0 Å². The van der Waals surface area contributed by atoms with Gasteiger partial charge in [0.1, 0.15) is 5.03 Å². The highest BCUT2D eigenvalue weighted by molar-refractivity contribution is 7.99. The van der Waals surface area contributed by atoms with E-state index < -0.39 is 0 Å². The van der Waals surface area contributed by atoms with Crippen molar-refractivity contribution in [1.82, 2.24) is 20.3 Å². The summed E-state index contributed by atoms with van der Waals surface area (Å²) in [6, 6.07) is 5.85. The highest BCUT2D eigenvalue weighted by atomic mass is 32.2. The Kier molecular flexibility index (Phi) is 5.11. The summed E-state index contributed by atoms with van der Waals surface area (Å²) in [5, 5.41) is 5.08. The second kappa shape index (κ2) is 7.08. The van der Waals surface area contributed by atoms with Crippen molar-refractivity contribution in [2.45, 2.75) is 30.1 Å². The van der Waals surface area contributed by atoms with E-state index in [1.54, 1.807) is 18.6 Å². The smallest absolute Gasteiger partial charge is 0.193 e. The minimum Gasteiger partial charge on any atom is -0.313 e. The second-order valence-corrected chi connectivity index (χ2v) is 4.73. The lowest BCUT2D eigenvalue weighted by molar-refractivity contribution is 0.665. The van der Waals surface area contributed by atoms with Gasteiger partial charge in [-0.15, -0.1) is 0 Å². The Labute approximate surface area is 111 Å². The van der Waals surface area contributed by atoms with E-state index in [4.69, 9.17) is 0 Å². The first kappa shape index (κ1) is 13.0. The van der Waals surface area contributed by atoms with E-state index in [-0.39, 0.29) is 0 Å². The molecule has 2 aromatic heterocycles. The summed E-state index contributed by atoms with van der Waals surface area (Å²) in [6.07, 6.45) is 6.42. The van der Waals surface area contributed by atoms with Gasteiger partial charge in [-0.1, -0.05) is 13.0 Å². The van der Waals surface area contributed by atoms with Crippen LogP contribution in [0.4, 0.5) is 0 Å². The number of nitrogens with one attached hydrogen (secondary N) is 1. The lowest BCUT2D eigenvalue weighted by atomic mass is 10.3. The van der Waals surface area contributed by atoms with Gasteiger partial charge in [0, 0.05) is 25.1 Å². The highest BCUT2D eigenvalue weighted by Crippen LogP contribution is 2.25. The molecule has 0 saturated carbocycles. The molecule has 0 radical (unpaired) electrons. The van der Waals surface area contributed by atoms with E-state index in [1.165, 1.54) is 17.3 Å². The monoisotopic (exact) mass is 260 g/mol. The molecular formula is C13H16N4S. The average Bonchev–Trinajstić information content (AvgIpc) is 2.42. The molecule has 0 saturated heterocycles. The van der Waals surface area contributed by atoms with Crippen LogP contribution in [-0.4, -0.2) is 21.5 Å². The summed E-state index contributed by atoms with van der Waals surface area (Å²) >= 11 is 1.50. The third-order valence-electron chi connectivity index (χ3n) is 2.32. The number of hydrogen-bond acceptors (Lipinski definition) is 5. The van der Waals surface area contributed by atoms with Gasteiger partial charge in [0.25, 0.3) is 0 Å². The molecular weight excluding hydrogens is 244 g/mol. The van der Waals surface area contributed by atoms with E-state index in [0.717, 1.165) is 29.7 Å². The molecule has 2 aromatic rings. The summed E-state index contributed by atoms with van der Waals surface area (Å²) in [6.45, 7) is 4.00. The van der Waals surface area contributed by atoms with E-state index >= 15 is 0 Å². The molecule has 94 valence electrons. The van der Waals surface area contributed by atoms with Crippen LogP contribution in [0.5, 0.6) is 0 Å². The molecule has 4 nitrogen and oxygen atoms in total. The van der Waals surface area contributed by atoms with Gasteiger partial charge in [-0.25, -0.2) is 15.0 Å². The fourth-order valence-corrected chi connectivity index (χ4v) is 2.26. The second-order valence-electron chi connectivity index (χ2n) is 3.78. The van der Waals surface area contributed by atoms with Crippen molar-refractivity contribution in [2.24, 2.45) is 0 Å². The SMILES string of the molecule is CCCNCc1cccnc1Sc1ncccn1. The van der Waals surface area contributed by atoms with Gasteiger partial charge < -0.3 is 5.32 Å². The summed E-state index contributed by atoms with van der Waals surface area (Å²) < 4.78 is 0. The predicted molar refractivity (Wildman–Crippen MR) is 72.4 cm³/mol. The van der Waals surface area contributed by atoms with Crippen molar-refractivity contribution in [3.05, 3.63) is 42.4 Å². The van der Waals surface area contributed by atoms with Crippen LogP contribution in [0.25, 0.3) is 0 Å². The first-order valence-corrected chi connectivity index (χ1v) is 6.81. The molecule has 2 heterocycles. The quantitative estimate of drug-likeness (QED) is 0.639. The van der Waals surface area contributed by atoms with Gasteiger partial charge in [0.05, 0.1) is 0 Å². The van der Waals surface area contributed by atoms with Crippen molar-refractivity contribution in [2.75, 3.05) is 6.54 Å². The summed E-state index contributed by atoms with van der Waals surface area (Å²) in [5.74, 6) is 0. The number of pyridine rings is 1. The zero-order valence-corrected chi connectivity index (χ0v) is 11.2. The molecule has 0 atom stereocenters. The van der Waals surface area contributed by atoms with Crippen LogP contribution < -0.4 is 5.32 Å². The molecule has 1 N–H and O–H groups in total. The predicted octanol–water partition coefficient (Wildman–Crippen LogP) is 2.52. The molecule has 0 amide bonds. The third kappa shape index (κ3) is 3.78. The molecule has 0 spiro atoms. The molecule has 18 heavy (non-hydrogen) atoms. The van der Waals surface area contributed by atoms with Crippen LogP contribution in [0.1, 0.15) is 18.9 Å². The van der Waals surface area contributed by atoms with E-state index in [1.807, 2.05) is 12.1 Å². The Morgan fingerprint density at radius 1 is 1.11 bits per heavy atom. The first-order valence-electron chi connectivity index (χ1n) is 5.99. The third-order valence-corrected chi connectivity index (χ3v) is 3.28. The zero-order valence-electron chi connectivity index (χ0n) is 10.3. The molecule has 2 rings (SSSR count). The van der Waals surface area contributed by atoms with E-state index in [2.05, 4.69) is 33.3 Å². The molecule has 0 aliphatic rings. The highest BCUT2D eigenvalue weighted by Gasteiger charge is 2.06. The van der Waals surface area contributed by atoms with Crippen LogP contribution in [0.3, 0.4) is 0 Å². The Morgan fingerprint density at radius 3 is 2.67 bits per heavy atom. The Bertz CT molecular complexity index is 475. The number of nitrogens with zero attached hydrogens (tertiary/aromatic N) is 3. The lowest BCUT2D eigenvalue weighted by Gasteiger charge is -2.07. The maximum absolute atomic E-state index is 4.40. The lowest BCUT2D eigenvalue weighted by Crippen LogP contribution is -2.14. The molecule has 0 aromatic carbocycles. The minimum atomic E-state index is 0.730. The van der Waals surface area contributed by atoms with Gasteiger partial charge in [0.2, 0.25) is 0 Å². The van der Waals surface area contributed by atoms with Crippen LogP contribution in [-0.2, 0) is 6.54 Å². The van der Waals surface area contributed by atoms with Crippen LogP contribution in [0, 0.1) is 0 Å². The van der Waals surface area contributed by atoms with Gasteiger partial charge in [0.15, 0.2) is 5.16 Å². The van der Waals surface area contributed by atoms with Crippen molar-refractivity contribution in [1.29, 1.82) is 0 Å². The Hall–Kier alpha value is -1.46. The van der Waals surface area contributed by atoms with Crippen LogP contribution in [0.15, 0.2) is 47.0 Å². The number of rotatable bonds is 6. The fraction of sp³-hybridized carbons (Fsp3) is 0.308. The summed E-state index contributed by atoms with van der Waals surface area (Å²) in [7, 11) is 0. The van der Waals surface area contributed by atoms with Gasteiger partial charge >= 0.3 is 0 Å². The average molecular weight is 260 g/mol. The van der Waals surface area contributed by atoms with E-state index in [0.29, 0.717) is 0 Å². The Morgan fingerprint density at radius 2 is 1.89 bits per heavy atom. The first-order chi connectivity index (χ1) is 8.90. The Balaban J connectivity index is 2.07. The molecule has 0 bridgehead atoms. The maximum atomic E-state index is 4.40. The van der Waals surface area contributed by atoms with Crippen molar-refractivity contribution in [3.8, 4) is 0 Å². The standard InChI is InChI=1S/C13H16N4S/c1-2-6-14-10-11-5-3-7-15-12(11)18-13-16-8-4-9-17-13/h3-5,7-9,14H,2,6,10H2,1H3.